The van der Waals surface area contributed by atoms with Gasteiger partial charge in [0.1, 0.15) is 0 Å². The quantitative estimate of drug-likeness (QED) is 0.116. The molecule has 0 unspecified atom stereocenters. The fourth-order valence-corrected chi connectivity index (χ4v) is 15.1. The van der Waals surface area contributed by atoms with Crippen LogP contribution in [-0.4, -0.2) is 9.13 Å². The number of aromatic nitrogens is 2. The molecule has 14 aromatic rings. The number of thiophene rings is 1. The number of hydrogen-bond acceptors (Lipinski definition) is 1. The fraction of sp³-hybridized carbons (Fsp3) is 0.210. The normalized spacial score (nSPS) is 13.1. The highest BCUT2D eigenvalue weighted by Crippen LogP contribution is 2.52. The molecular weight excluding hydrogens is 1030 g/mol. The van der Waals surface area contributed by atoms with E-state index in [9.17, 15) is 0 Å². The molecule has 0 bridgehead atoms. The van der Waals surface area contributed by atoms with Crippen LogP contribution in [0.1, 0.15) is 116 Å². The van der Waals surface area contributed by atoms with Gasteiger partial charge in [0.25, 0.3) is 0 Å². The summed E-state index contributed by atoms with van der Waals surface area (Å²) in [4.78, 5) is 0. The number of hydrogen-bond donors (Lipinski definition) is 0. The Kier molecular flexibility index (Phi) is 12.1. The molecule has 414 valence electrons. The van der Waals surface area contributed by atoms with Gasteiger partial charge in [-0.1, -0.05) is 235 Å². The van der Waals surface area contributed by atoms with Crippen molar-refractivity contribution in [3.63, 3.8) is 0 Å². The number of fused-ring (bicyclic) bond motifs is 12. The summed E-state index contributed by atoms with van der Waals surface area (Å²) >= 11 is 1.92. The van der Waals surface area contributed by atoms with Gasteiger partial charge in [0, 0.05) is 69.0 Å². The Morgan fingerprint density at radius 1 is 0.369 bits per heavy atom. The lowest BCUT2D eigenvalue weighted by atomic mass is 9.85. The van der Waals surface area contributed by atoms with Crippen LogP contribution in [0.3, 0.4) is 0 Å². The topological polar surface area (TPSA) is 9.86 Å². The summed E-state index contributed by atoms with van der Waals surface area (Å²) in [6, 6.07) is 70.3. The fourth-order valence-electron chi connectivity index (χ4n) is 13.8. The number of allylic oxidation sites excluding steroid dienone is 2. The predicted molar refractivity (Wildman–Crippen MR) is 370 cm³/mol. The Morgan fingerprint density at radius 2 is 0.738 bits per heavy atom. The van der Waals surface area contributed by atoms with Crippen molar-refractivity contribution in [1.82, 2.24) is 9.13 Å². The molecule has 0 amide bonds. The molecule has 0 aliphatic heterocycles. The minimum atomic E-state index is -0.00349. The van der Waals surface area contributed by atoms with Crippen LogP contribution in [0.5, 0.6) is 0 Å². The van der Waals surface area contributed by atoms with Crippen molar-refractivity contribution in [2.24, 2.45) is 0 Å². The number of nitrogens with zero attached hydrogens (tertiary/aromatic N) is 2. The van der Waals surface area contributed by atoms with E-state index in [4.69, 9.17) is 0 Å². The van der Waals surface area contributed by atoms with E-state index in [-0.39, 0.29) is 21.7 Å². The summed E-state index contributed by atoms with van der Waals surface area (Å²) in [5.41, 5.74) is 20.1. The van der Waals surface area contributed by atoms with Crippen molar-refractivity contribution < 1.29 is 0 Å². The number of benzene rings is 11. The Hall–Kier alpha value is -8.50. The third kappa shape index (κ3) is 8.24. The largest absolute Gasteiger partial charge is 0.308 e. The first-order valence-corrected chi connectivity index (χ1v) is 30.9. The lowest BCUT2D eigenvalue weighted by molar-refractivity contribution is 0.590. The molecule has 0 radical (unpaired) electrons. The summed E-state index contributed by atoms with van der Waals surface area (Å²) in [7, 11) is 0. The first-order chi connectivity index (χ1) is 40.1. The van der Waals surface area contributed by atoms with Gasteiger partial charge in [-0.15, -0.1) is 11.3 Å². The third-order valence-electron chi connectivity index (χ3n) is 18.3. The average molecular weight is 1110 g/mol. The molecule has 0 fully saturated rings. The summed E-state index contributed by atoms with van der Waals surface area (Å²) in [5.74, 6) is 0. The Morgan fingerprint density at radius 3 is 1.17 bits per heavy atom. The Balaban J connectivity index is 1.03. The maximum absolute atomic E-state index is 4.21. The van der Waals surface area contributed by atoms with Crippen molar-refractivity contribution >= 4 is 114 Å². The molecule has 14 rings (SSSR count). The van der Waals surface area contributed by atoms with E-state index in [2.05, 4.69) is 300 Å². The second-order valence-electron chi connectivity index (χ2n) is 27.8. The zero-order valence-corrected chi connectivity index (χ0v) is 51.9. The van der Waals surface area contributed by atoms with Gasteiger partial charge in [-0.05, 0) is 144 Å². The molecule has 3 heterocycles. The molecule has 3 heteroatoms. The minimum Gasteiger partial charge on any atom is -0.308 e. The molecule has 3 aromatic heterocycles. The van der Waals surface area contributed by atoms with Crippen molar-refractivity contribution in [3.8, 4) is 33.6 Å². The first kappa shape index (κ1) is 53.5. The van der Waals surface area contributed by atoms with Gasteiger partial charge in [-0.25, -0.2) is 0 Å². The molecule has 11 aromatic carbocycles. The third-order valence-corrected chi connectivity index (χ3v) is 19.5. The number of rotatable bonds is 6. The second-order valence-corrected chi connectivity index (χ2v) is 28.8. The molecule has 84 heavy (non-hydrogen) atoms. The second kappa shape index (κ2) is 19.0. The predicted octanol–water partition coefficient (Wildman–Crippen LogP) is 23.7. The molecule has 0 saturated heterocycles. The molecule has 0 N–H and O–H groups in total. The zero-order valence-electron chi connectivity index (χ0n) is 51.1. The minimum absolute atomic E-state index is 0.00349. The van der Waals surface area contributed by atoms with E-state index in [1.807, 2.05) is 17.4 Å². The summed E-state index contributed by atoms with van der Waals surface area (Å²) < 4.78 is 7.71. The van der Waals surface area contributed by atoms with Gasteiger partial charge in [-0.3, -0.25) is 0 Å². The molecule has 0 spiro atoms. The van der Waals surface area contributed by atoms with Gasteiger partial charge in [0.05, 0.1) is 33.4 Å². The van der Waals surface area contributed by atoms with Crippen LogP contribution in [-0.2, 0) is 21.7 Å². The molecule has 0 aliphatic rings. The maximum Gasteiger partial charge on any atom is 0.0619 e. The summed E-state index contributed by atoms with van der Waals surface area (Å²) in [5, 5.41) is 15.1. The SMILES string of the molecule is C=C/C=C\c1c(C)c(-c2cccc3c2sc2cccc(-c4c5ccccc5c(-n5c6ccc(C(C)(C)C)cc6c6cc(C(C)(C)C)ccc65)c5ccccc45)c23)c2ccccc2c1-n1c2ccc(C(C)(C)C)cc2c2cc(C(C)(C)C)ccc21. The van der Waals surface area contributed by atoms with Crippen molar-refractivity contribution in [1.29, 1.82) is 0 Å². The molecule has 0 saturated carbocycles. The van der Waals surface area contributed by atoms with E-state index < -0.39 is 0 Å². The average Bonchev–Trinajstić information content (AvgIpc) is 1.49. The first-order valence-electron chi connectivity index (χ1n) is 30.0. The maximum atomic E-state index is 4.21. The van der Waals surface area contributed by atoms with Crippen LogP contribution >= 0.6 is 11.3 Å². The Labute approximate surface area is 499 Å². The van der Waals surface area contributed by atoms with Gasteiger partial charge in [0.15, 0.2) is 0 Å². The lowest BCUT2D eigenvalue weighted by Gasteiger charge is -2.23. The van der Waals surface area contributed by atoms with Crippen LogP contribution in [0.25, 0.3) is 136 Å². The summed E-state index contributed by atoms with van der Waals surface area (Å²) in [6.07, 6.45) is 6.33. The molecule has 0 atom stereocenters. The van der Waals surface area contributed by atoms with Crippen molar-refractivity contribution in [2.75, 3.05) is 0 Å². The van der Waals surface area contributed by atoms with E-state index >= 15 is 0 Å². The van der Waals surface area contributed by atoms with Gasteiger partial charge in [-0.2, -0.15) is 0 Å². The molecule has 2 nitrogen and oxygen atoms in total. The van der Waals surface area contributed by atoms with Crippen LogP contribution in [0, 0.1) is 6.92 Å². The van der Waals surface area contributed by atoms with Crippen LogP contribution < -0.4 is 0 Å². The van der Waals surface area contributed by atoms with Gasteiger partial charge < -0.3 is 9.13 Å². The highest BCUT2D eigenvalue weighted by molar-refractivity contribution is 7.26. The van der Waals surface area contributed by atoms with E-state index in [1.54, 1.807) is 0 Å². The molecular formula is C81H74N2S. The standard InChI is InChI=1S/C81H74N2S/c1-15-16-25-53-48(2)72(54-26-17-20-29-57(54)75(53)82-67-40-36-49(78(3,4)5)44-63(67)64-45-50(79(6,7)8)37-41-68(64)82)61-33-23-34-62-74-60(32-24-35-71(74)84-77(61)62)73-55-27-18-21-30-58(55)76(59-31-22-19-28-56(59)73)83-69-42-38-51(80(9,10)11)46-65(69)66-47-52(81(12,13)14)39-43-70(66)83/h15-47H,1H2,2-14H3/b25-16-. The van der Waals surface area contributed by atoms with Crippen LogP contribution in [0.15, 0.2) is 201 Å². The summed E-state index contributed by atoms with van der Waals surface area (Å²) in [6.45, 7) is 34.4. The Bertz CT molecular complexity index is 4930. The smallest absolute Gasteiger partial charge is 0.0619 e. The van der Waals surface area contributed by atoms with Crippen molar-refractivity contribution in [3.05, 3.63) is 234 Å². The highest BCUT2D eigenvalue weighted by atomic mass is 32.1. The van der Waals surface area contributed by atoms with E-state index in [1.165, 1.54) is 163 Å². The lowest BCUT2D eigenvalue weighted by Crippen LogP contribution is -2.10. The van der Waals surface area contributed by atoms with Crippen molar-refractivity contribution in [2.45, 2.75) is 112 Å². The highest BCUT2D eigenvalue weighted by Gasteiger charge is 2.29. The van der Waals surface area contributed by atoms with Crippen LogP contribution in [0.4, 0.5) is 0 Å². The monoisotopic (exact) mass is 1110 g/mol. The van der Waals surface area contributed by atoms with Gasteiger partial charge in [0.2, 0.25) is 0 Å². The van der Waals surface area contributed by atoms with Crippen LogP contribution in [0.2, 0.25) is 0 Å². The van der Waals surface area contributed by atoms with Gasteiger partial charge >= 0.3 is 0 Å². The van der Waals surface area contributed by atoms with E-state index in [0.717, 1.165) is 0 Å². The zero-order chi connectivity index (χ0) is 58.5. The van der Waals surface area contributed by atoms with E-state index in [0.29, 0.717) is 0 Å². The molecule has 0 aliphatic carbocycles.